The zero-order chi connectivity index (χ0) is 25.3. The lowest BCUT2D eigenvalue weighted by molar-refractivity contribution is 0.606. The second-order valence-electron chi connectivity index (χ2n) is 10.5. The molecule has 0 unspecified atom stereocenters. The molecular formula is C36H38. The van der Waals surface area contributed by atoms with Gasteiger partial charge in [-0.25, -0.2) is 0 Å². The molecule has 0 saturated heterocycles. The molecule has 0 heterocycles. The predicted molar refractivity (Wildman–Crippen MR) is 157 cm³/mol. The van der Waals surface area contributed by atoms with Gasteiger partial charge in [-0.15, -0.1) is 0 Å². The van der Waals surface area contributed by atoms with Crippen LogP contribution in [0.2, 0.25) is 0 Å². The van der Waals surface area contributed by atoms with Gasteiger partial charge >= 0.3 is 0 Å². The molecule has 4 aromatic rings. The summed E-state index contributed by atoms with van der Waals surface area (Å²) in [6.07, 6.45) is 7.04. The van der Waals surface area contributed by atoms with Crippen molar-refractivity contribution in [3.05, 3.63) is 136 Å². The summed E-state index contributed by atoms with van der Waals surface area (Å²) in [6, 6.07) is 30.7. The van der Waals surface area contributed by atoms with E-state index in [1.54, 1.807) is 27.8 Å². The van der Waals surface area contributed by atoms with Crippen molar-refractivity contribution in [2.24, 2.45) is 0 Å². The maximum Gasteiger partial charge on any atom is 0.0121 e. The fraction of sp³-hybridized carbons (Fsp3) is 0.278. The van der Waals surface area contributed by atoms with Crippen LogP contribution in [-0.4, -0.2) is 0 Å². The van der Waals surface area contributed by atoms with Crippen molar-refractivity contribution in [2.75, 3.05) is 0 Å². The second kappa shape index (κ2) is 9.94. The third kappa shape index (κ3) is 4.13. The van der Waals surface area contributed by atoms with Crippen molar-refractivity contribution in [3.8, 4) is 0 Å². The van der Waals surface area contributed by atoms with Crippen molar-refractivity contribution in [2.45, 2.75) is 65.7 Å². The van der Waals surface area contributed by atoms with Crippen LogP contribution < -0.4 is 0 Å². The van der Waals surface area contributed by atoms with Gasteiger partial charge in [0.05, 0.1) is 0 Å². The van der Waals surface area contributed by atoms with Crippen molar-refractivity contribution in [1.82, 2.24) is 0 Å². The van der Waals surface area contributed by atoms with Crippen LogP contribution in [0.15, 0.2) is 102 Å². The molecule has 0 fully saturated rings. The molecule has 0 aromatic heterocycles. The Labute approximate surface area is 217 Å². The Bertz CT molecular complexity index is 1450. The number of benzene rings is 4. The van der Waals surface area contributed by atoms with Crippen LogP contribution >= 0.6 is 0 Å². The van der Waals surface area contributed by atoms with Crippen molar-refractivity contribution >= 4 is 16.3 Å². The van der Waals surface area contributed by atoms with Gasteiger partial charge in [0.1, 0.15) is 0 Å². The molecule has 7 rings (SSSR count). The van der Waals surface area contributed by atoms with Gasteiger partial charge in [-0.3, -0.25) is 0 Å². The summed E-state index contributed by atoms with van der Waals surface area (Å²) in [5.74, 6) is 0. The minimum Gasteiger partial charge on any atom is -0.0800 e. The van der Waals surface area contributed by atoms with Crippen LogP contribution in [0.25, 0.3) is 16.3 Å². The molecule has 0 N–H and O–H groups in total. The number of rotatable bonds is 2. The molecule has 0 nitrogen and oxygen atoms in total. The molecule has 0 spiro atoms. The first-order chi connectivity index (χ1) is 17.5. The molecule has 0 radical (unpaired) electrons. The van der Waals surface area contributed by atoms with Crippen molar-refractivity contribution in [1.29, 1.82) is 0 Å². The van der Waals surface area contributed by atoms with Gasteiger partial charge in [0.25, 0.3) is 0 Å². The van der Waals surface area contributed by atoms with Crippen LogP contribution in [-0.2, 0) is 18.3 Å². The molecule has 0 atom stereocenters. The minimum absolute atomic E-state index is 0.154. The van der Waals surface area contributed by atoms with Gasteiger partial charge < -0.3 is 0 Å². The summed E-state index contributed by atoms with van der Waals surface area (Å²) in [5.41, 5.74) is 13.9. The first-order valence-electron chi connectivity index (χ1n) is 13.6. The summed E-state index contributed by atoms with van der Waals surface area (Å²) in [4.78, 5) is 0. The lowest BCUT2D eigenvalue weighted by Gasteiger charge is -2.27. The number of hydrogen-bond acceptors (Lipinski definition) is 0. The molecule has 36 heavy (non-hydrogen) atoms. The molecule has 0 amide bonds. The zero-order valence-corrected chi connectivity index (χ0v) is 22.5. The second-order valence-corrected chi connectivity index (χ2v) is 10.5. The average molecular weight is 471 g/mol. The first kappa shape index (κ1) is 24.3. The van der Waals surface area contributed by atoms with Crippen LogP contribution in [0.3, 0.4) is 0 Å². The Balaban J connectivity index is 0.000000255. The predicted octanol–water partition coefficient (Wildman–Crippen LogP) is 9.77. The number of aryl methyl sites for hydroxylation is 1. The van der Waals surface area contributed by atoms with E-state index in [0.717, 1.165) is 12.8 Å². The topological polar surface area (TPSA) is 0 Å². The fourth-order valence-corrected chi connectivity index (χ4v) is 6.29. The van der Waals surface area contributed by atoms with Crippen molar-refractivity contribution < 1.29 is 0 Å². The molecule has 0 heteroatoms. The van der Waals surface area contributed by atoms with Gasteiger partial charge in [0.15, 0.2) is 0 Å². The van der Waals surface area contributed by atoms with Gasteiger partial charge in [0.2, 0.25) is 0 Å². The van der Waals surface area contributed by atoms with Crippen molar-refractivity contribution in [3.63, 3.8) is 0 Å². The Hall–Kier alpha value is -3.38. The largest absolute Gasteiger partial charge is 0.0800 e. The van der Waals surface area contributed by atoms with E-state index in [9.17, 15) is 0 Å². The quantitative estimate of drug-likeness (QED) is 0.273. The maximum atomic E-state index is 2.54. The van der Waals surface area contributed by atoms with Crippen LogP contribution in [0.5, 0.6) is 0 Å². The Morgan fingerprint density at radius 1 is 0.806 bits per heavy atom. The number of hydrogen-bond donors (Lipinski definition) is 0. The van der Waals surface area contributed by atoms with Gasteiger partial charge in [-0.05, 0) is 82.3 Å². The molecular weight excluding hydrogens is 432 g/mol. The highest BCUT2D eigenvalue weighted by atomic mass is 14.5. The fourth-order valence-electron chi connectivity index (χ4n) is 6.29. The van der Waals surface area contributed by atoms with E-state index in [1.807, 2.05) is 32.0 Å². The highest BCUT2D eigenvalue weighted by Crippen LogP contribution is 2.57. The van der Waals surface area contributed by atoms with E-state index < -0.39 is 0 Å². The highest BCUT2D eigenvalue weighted by molar-refractivity contribution is 6.08. The summed E-state index contributed by atoms with van der Waals surface area (Å²) >= 11 is 0. The summed E-state index contributed by atoms with van der Waals surface area (Å²) in [5, 5.41) is 3.00. The van der Waals surface area contributed by atoms with E-state index in [-0.39, 0.29) is 5.41 Å². The van der Waals surface area contributed by atoms with E-state index in [0.29, 0.717) is 0 Å². The Morgan fingerprint density at radius 2 is 1.50 bits per heavy atom. The third-order valence-corrected chi connectivity index (χ3v) is 7.98. The molecule has 4 aromatic carbocycles. The minimum atomic E-state index is 0.154. The van der Waals surface area contributed by atoms with E-state index in [2.05, 4.69) is 93.6 Å². The molecule has 0 saturated carbocycles. The smallest absolute Gasteiger partial charge is 0.0121 e. The number of allylic oxidation sites excluding steroid dienone is 4. The van der Waals surface area contributed by atoms with Crippen LogP contribution in [0.4, 0.5) is 0 Å². The molecule has 0 bridgehead atoms. The summed E-state index contributed by atoms with van der Waals surface area (Å²) in [7, 11) is 0. The average Bonchev–Trinajstić information content (AvgIpc) is 3.14. The third-order valence-electron chi connectivity index (χ3n) is 7.98. The lowest BCUT2D eigenvalue weighted by Crippen LogP contribution is -2.18. The van der Waals surface area contributed by atoms with Crippen LogP contribution in [0, 0.1) is 6.92 Å². The molecule has 3 aliphatic rings. The first-order valence-corrected chi connectivity index (χ1v) is 13.6. The zero-order valence-electron chi connectivity index (χ0n) is 22.5. The van der Waals surface area contributed by atoms with Gasteiger partial charge in [-0.1, -0.05) is 130 Å². The molecule has 3 aliphatic carbocycles. The van der Waals surface area contributed by atoms with E-state index in [1.165, 1.54) is 45.9 Å². The van der Waals surface area contributed by atoms with Crippen LogP contribution in [0.1, 0.15) is 73.9 Å². The Morgan fingerprint density at radius 3 is 2.17 bits per heavy atom. The normalized spacial score (nSPS) is 16.0. The Kier molecular flexibility index (Phi) is 6.71. The van der Waals surface area contributed by atoms with E-state index >= 15 is 0 Å². The highest BCUT2D eigenvalue weighted by Gasteiger charge is 2.42. The van der Waals surface area contributed by atoms with Gasteiger partial charge in [-0.2, -0.15) is 0 Å². The monoisotopic (exact) mass is 470 g/mol. The molecule has 182 valence electrons. The SMILES string of the molecule is CC.CC1(C)C2=C3C(=CCC2)Cc2cccc4c(Cc5ccccc5)cc1c3c24.Cc1ccccc1. The lowest BCUT2D eigenvalue weighted by atomic mass is 9.77. The van der Waals surface area contributed by atoms with Gasteiger partial charge in [0, 0.05) is 5.41 Å². The maximum absolute atomic E-state index is 2.54. The summed E-state index contributed by atoms with van der Waals surface area (Å²) in [6.45, 7) is 11.0. The van der Waals surface area contributed by atoms with E-state index in [4.69, 9.17) is 0 Å². The molecule has 0 aliphatic heterocycles. The standard InChI is InChI=1S/C27H24.C7H8.C2H6/c1-27(2)22-13-7-11-19-15-18-10-6-12-21-20(14-17-8-4-3-5-9-17)16-23(27)26(24(18)21)25(19)22;1-7-5-3-2-4-6-7;1-2/h3-6,8-12,16H,7,13-15H2,1-2H3;2-6H,1H3;1-2H3. The summed E-state index contributed by atoms with van der Waals surface area (Å²) < 4.78 is 0.